The van der Waals surface area contributed by atoms with Gasteiger partial charge in [0.1, 0.15) is 0 Å². The minimum atomic E-state index is -0.960. The molecule has 0 bridgehead atoms. The molecule has 1 aromatic rings. The molecule has 0 fully saturated rings. The molecule has 112 valence electrons. The molecule has 0 saturated carbocycles. The first-order chi connectivity index (χ1) is 10.0. The number of allylic oxidation sites excluding steroid dienone is 2. The molecule has 1 amide bonds. The molecule has 1 aliphatic carbocycles. The van der Waals surface area contributed by atoms with Gasteiger partial charge in [0.15, 0.2) is 0 Å². The summed E-state index contributed by atoms with van der Waals surface area (Å²) < 4.78 is 1.48. The Labute approximate surface area is 122 Å². The van der Waals surface area contributed by atoms with E-state index in [1.54, 1.807) is 12.3 Å². The molecule has 0 radical (unpaired) electrons. The predicted octanol–water partition coefficient (Wildman–Crippen LogP) is 1.47. The smallest absolute Gasteiger partial charge is 0.307 e. The number of carboxylic acids is 1. The lowest BCUT2D eigenvalue weighted by Crippen LogP contribution is -2.35. The van der Waals surface area contributed by atoms with E-state index in [1.807, 2.05) is 13.0 Å². The van der Waals surface area contributed by atoms with E-state index in [9.17, 15) is 19.5 Å². The van der Waals surface area contributed by atoms with E-state index in [0.29, 0.717) is 25.1 Å². The molecule has 2 atom stereocenters. The van der Waals surface area contributed by atoms with Crippen LogP contribution in [-0.4, -0.2) is 21.6 Å². The van der Waals surface area contributed by atoms with Crippen molar-refractivity contribution < 1.29 is 14.7 Å². The number of hydrogen-bond acceptors (Lipinski definition) is 3. The highest BCUT2D eigenvalue weighted by molar-refractivity contribution is 5.95. The van der Waals surface area contributed by atoms with Gasteiger partial charge in [-0.05, 0) is 25.8 Å². The van der Waals surface area contributed by atoms with Crippen molar-refractivity contribution >= 4 is 17.6 Å². The van der Waals surface area contributed by atoms with Crippen molar-refractivity contribution in [3.05, 3.63) is 40.8 Å². The maximum Gasteiger partial charge on any atom is 0.307 e. The minimum absolute atomic E-state index is 0.139. The molecule has 0 aromatic carbocycles. The third kappa shape index (κ3) is 3.39. The van der Waals surface area contributed by atoms with Gasteiger partial charge in [-0.25, -0.2) is 0 Å². The SMILES string of the molecule is CCn1cc(NC(=O)C2CC=CCC2C(=O)O)ccc1=O. The zero-order valence-corrected chi connectivity index (χ0v) is 11.8. The Morgan fingerprint density at radius 1 is 1.29 bits per heavy atom. The third-order valence-corrected chi connectivity index (χ3v) is 3.68. The molecule has 1 heterocycles. The largest absolute Gasteiger partial charge is 0.481 e. The Hall–Kier alpha value is -2.37. The van der Waals surface area contributed by atoms with Crippen molar-refractivity contribution in [2.45, 2.75) is 26.3 Å². The van der Waals surface area contributed by atoms with Gasteiger partial charge in [0.05, 0.1) is 17.5 Å². The van der Waals surface area contributed by atoms with Crippen LogP contribution in [-0.2, 0) is 16.1 Å². The lowest BCUT2D eigenvalue weighted by Gasteiger charge is -2.24. The Balaban J connectivity index is 2.15. The van der Waals surface area contributed by atoms with Gasteiger partial charge in [-0.1, -0.05) is 12.2 Å². The monoisotopic (exact) mass is 290 g/mol. The number of aromatic nitrogens is 1. The molecule has 0 spiro atoms. The molecule has 1 aliphatic rings. The van der Waals surface area contributed by atoms with Crippen molar-refractivity contribution in [1.29, 1.82) is 0 Å². The van der Waals surface area contributed by atoms with Crippen LogP contribution in [0, 0.1) is 11.8 Å². The fraction of sp³-hybridized carbons (Fsp3) is 0.400. The van der Waals surface area contributed by atoms with E-state index in [2.05, 4.69) is 5.32 Å². The molecule has 0 saturated heterocycles. The van der Waals surface area contributed by atoms with Crippen molar-refractivity contribution in [3.63, 3.8) is 0 Å². The normalized spacial score (nSPS) is 21.0. The van der Waals surface area contributed by atoms with Crippen LogP contribution in [0.2, 0.25) is 0 Å². The van der Waals surface area contributed by atoms with Gasteiger partial charge < -0.3 is 15.0 Å². The average Bonchev–Trinajstić information content (AvgIpc) is 2.49. The Morgan fingerprint density at radius 3 is 2.57 bits per heavy atom. The van der Waals surface area contributed by atoms with Gasteiger partial charge in [-0.2, -0.15) is 0 Å². The van der Waals surface area contributed by atoms with Crippen LogP contribution in [0.5, 0.6) is 0 Å². The summed E-state index contributed by atoms with van der Waals surface area (Å²) >= 11 is 0. The van der Waals surface area contributed by atoms with E-state index in [-0.39, 0.29) is 11.5 Å². The number of aliphatic carboxylic acids is 1. The summed E-state index contributed by atoms with van der Waals surface area (Å²) in [4.78, 5) is 35.0. The topological polar surface area (TPSA) is 88.4 Å². The first kappa shape index (κ1) is 15.0. The van der Waals surface area contributed by atoms with Gasteiger partial charge in [0.25, 0.3) is 5.56 Å². The second kappa shape index (κ2) is 6.39. The van der Waals surface area contributed by atoms with Crippen molar-refractivity contribution in [2.24, 2.45) is 11.8 Å². The van der Waals surface area contributed by atoms with Crippen molar-refractivity contribution in [1.82, 2.24) is 4.57 Å². The van der Waals surface area contributed by atoms with Crippen LogP contribution >= 0.6 is 0 Å². The van der Waals surface area contributed by atoms with Gasteiger partial charge >= 0.3 is 5.97 Å². The number of hydrogen-bond donors (Lipinski definition) is 2. The first-order valence-electron chi connectivity index (χ1n) is 6.92. The zero-order valence-electron chi connectivity index (χ0n) is 11.8. The summed E-state index contributed by atoms with van der Waals surface area (Å²) in [5, 5.41) is 11.9. The quantitative estimate of drug-likeness (QED) is 0.822. The lowest BCUT2D eigenvalue weighted by atomic mass is 9.82. The Kier molecular flexibility index (Phi) is 4.57. The van der Waals surface area contributed by atoms with Crippen LogP contribution in [0.25, 0.3) is 0 Å². The molecule has 2 unspecified atom stereocenters. The number of carbonyl (C=O) groups is 2. The van der Waals surface area contributed by atoms with Crippen LogP contribution in [0.15, 0.2) is 35.3 Å². The van der Waals surface area contributed by atoms with Gasteiger partial charge in [-0.3, -0.25) is 14.4 Å². The molecular formula is C15H18N2O4. The number of anilines is 1. The molecule has 1 aromatic heterocycles. The highest BCUT2D eigenvalue weighted by atomic mass is 16.4. The summed E-state index contributed by atoms with van der Waals surface area (Å²) in [5.74, 6) is -2.58. The number of carboxylic acid groups (broad SMARTS) is 1. The van der Waals surface area contributed by atoms with E-state index < -0.39 is 17.8 Å². The summed E-state index contributed by atoms with van der Waals surface area (Å²) in [6.45, 7) is 2.34. The number of nitrogens with zero attached hydrogens (tertiary/aromatic N) is 1. The fourth-order valence-corrected chi connectivity index (χ4v) is 2.46. The Bertz CT molecular complexity index is 633. The minimum Gasteiger partial charge on any atom is -0.481 e. The van der Waals surface area contributed by atoms with Gasteiger partial charge in [-0.15, -0.1) is 0 Å². The number of aryl methyl sites for hydroxylation is 1. The van der Waals surface area contributed by atoms with E-state index in [0.717, 1.165) is 0 Å². The summed E-state index contributed by atoms with van der Waals surface area (Å²) in [6, 6.07) is 2.91. The summed E-state index contributed by atoms with van der Waals surface area (Å²) in [6.07, 6.45) is 5.96. The van der Waals surface area contributed by atoms with Gasteiger partial charge in [0.2, 0.25) is 5.91 Å². The molecule has 6 nitrogen and oxygen atoms in total. The second-order valence-corrected chi connectivity index (χ2v) is 5.03. The maximum absolute atomic E-state index is 12.3. The van der Waals surface area contributed by atoms with E-state index >= 15 is 0 Å². The first-order valence-corrected chi connectivity index (χ1v) is 6.92. The highest BCUT2D eigenvalue weighted by Gasteiger charge is 2.33. The van der Waals surface area contributed by atoms with E-state index in [4.69, 9.17) is 0 Å². The Morgan fingerprint density at radius 2 is 1.95 bits per heavy atom. The van der Waals surface area contributed by atoms with Crippen molar-refractivity contribution in [2.75, 3.05) is 5.32 Å². The predicted molar refractivity (Wildman–Crippen MR) is 78.0 cm³/mol. The molecule has 2 N–H and O–H groups in total. The highest BCUT2D eigenvalue weighted by Crippen LogP contribution is 2.27. The molecule has 21 heavy (non-hydrogen) atoms. The van der Waals surface area contributed by atoms with Crippen LogP contribution in [0.3, 0.4) is 0 Å². The standard InChI is InChI=1S/C15H18N2O4/c1-2-17-9-10(7-8-13(17)18)16-14(19)11-5-3-4-6-12(11)15(20)21/h3-4,7-9,11-12H,2,5-6H2,1H3,(H,16,19)(H,20,21). The van der Waals surface area contributed by atoms with Crippen LogP contribution in [0.4, 0.5) is 5.69 Å². The third-order valence-electron chi connectivity index (χ3n) is 3.68. The van der Waals surface area contributed by atoms with Gasteiger partial charge in [0, 0.05) is 18.8 Å². The summed E-state index contributed by atoms with van der Waals surface area (Å²) in [7, 11) is 0. The van der Waals surface area contributed by atoms with Crippen LogP contribution in [0.1, 0.15) is 19.8 Å². The molecule has 6 heteroatoms. The summed E-state index contributed by atoms with van der Waals surface area (Å²) in [5.41, 5.74) is 0.361. The lowest BCUT2D eigenvalue weighted by molar-refractivity contribution is -0.146. The second-order valence-electron chi connectivity index (χ2n) is 5.03. The average molecular weight is 290 g/mol. The van der Waals surface area contributed by atoms with Crippen LogP contribution < -0.4 is 10.9 Å². The zero-order chi connectivity index (χ0) is 15.4. The number of rotatable bonds is 4. The maximum atomic E-state index is 12.3. The van der Waals surface area contributed by atoms with Crippen molar-refractivity contribution in [3.8, 4) is 0 Å². The molecular weight excluding hydrogens is 272 g/mol. The number of amides is 1. The molecule has 0 aliphatic heterocycles. The number of carbonyl (C=O) groups excluding carboxylic acids is 1. The fourth-order valence-electron chi connectivity index (χ4n) is 2.46. The number of pyridine rings is 1. The number of nitrogens with one attached hydrogen (secondary N) is 1. The van der Waals surface area contributed by atoms with E-state index in [1.165, 1.54) is 16.7 Å². The molecule has 2 rings (SSSR count).